The van der Waals surface area contributed by atoms with Gasteiger partial charge in [-0.15, -0.1) is 0 Å². The van der Waals surface area contributed by atoms with Gasteiger partial charge in [0, 0.05) is 41.6 Å². The quantitative estimate of drug-likeness (QED) is 0.574. The summed E-state index contributed by atoms with van der Waals surface area (Å²) in [6.45, 7) is 6.92. The number of carbonyl (C=O) groups is 1. The first-order valence-electron chi connectivity index (χ1n) is 8.51. The molecule has 3 rings (SSSR count). The highest BCUT2D eigenvalue weighted by Gasteiger charge is 2.15. The molecule has 0 atom stereocenters. The number of fused-ring (bicyclic) bond motifs is 1. The van der Waals surface area contributed by atoms with E-state index in [2.05, 4.69) is 38.7 Å². The highest BCUT2D eigenvalue weighted by atomic mass is 35.5. The van der Waals surface area contributed by atoms with Crippen LogP contribution in [0, 0.1) is 0 Å². The molecule has 3 aromatic rings. The van der Waals surface area contributed by atoms with Crippen molar-refractivity contribution in [2.24, 2.45) is 0 Å². The summed E-state index contributed by atoms with van der Waals surface area (Å²) in [6.07, 6.45) is 5.94. The van der Waals surface area contributed by atoms with Gasteiger partial charge in [0.1, 0.15) is 5.83 Å². The largest absolute Gasteiger partial charge is 0.355 e. The maximum Gasteiger partial charge on any atom is 0.254 e. The van der Waals surface area contributed by atoms with Crippen molar-refractivity contribution >= 4 is 45.5 Å². The molecule has 0 saturated carbocycles. The van der Waals surface area contributed by atoms with E-state index in [0.717, 1.165) is 0 Å². The minimum Gasteiger partial charge on any atom is -0.355 e. The van der Waals surface area contributed by atoms with E-state index in [0.29, 0.717) is 28.0 Å². The van der Waals surface area contributed by atoms with Crippen LogP contribution in [0.4, 0.5) is 15.8 Å². The van der Waals surface area contributed by atoms with E-state index >= 15 is 0 Å². The SMILES string of the molecule is C=C(Cl)/C=C(\C(=C)F)c1cc(Nc2ccncc2C(=O)NC)c2cccnc2n1. The minimum absolute atomic E-state index is 0.0851. The van der Waals surface area contributed by atoms with Crippen molar-refractivity contribution < 1.29 is 9.18 Å². The fourth-order valence-corrected chi connectivity index (χ4v) is 2.82. The Morgan fingerprint density at radius 1 is 1.24 bits per heavy atom. The summed E-state index contributed by atoms with van der Waals surface area (Å²) in [5.41, 5.74) is 2.18. The van der Waals surface area contributed by atoms with Crippen molar-refractivity contribution in [2.75, 3.05) is 12.4 Å². The number of aromatic nitrogens is 3. The Balaban J connectivity index is 2.20. The molecule has 0 aromatic carbocycles. The maximum absolute atomic E-state index is 14.1. The first kappa shape index (κ1) is 20.2. The van der Waals surface area contributed by atoms with Gasteiger partial charge >= 0.3 is 0 Å². The van der Waals surface area contributed by atoms with Crippen LogP contribution in [0.25, 0.3) is 16.6 Å². The molecule has 0 saturated heterocycles. The van der Waals surface area contributed by atoms with Crippen molar-refractivity contribution in [1.82, 2.24) is 20.3 Å². The number of allylic oxidation sites excluding steroid dienone is 4. The van der Waals surface area contributed by atoms with Gasteiger partial charge in [0.25, 0.3) is 5.91 Å². The van der Waals surface area contributed by atoms with E-state index in [4.69, 9.17) is 11.6 Å². The summed E-state index contributed by atoms with van der Waals surface area (Å²) in [6, 6.07) is 6.87. The normalized spacial score (nSPS) is 11.2. The van der Waals surface area contributed by atoms with E-state index in [1.807, 2.05) is 6.07 Å². The topological polar surface area (TPSA) is 79.8 Å². The van der Waals surface area contributed by atoms with E-state index in [1.165, 1.54) is 19.3 Å². The number of halogens is 2. The molecular weight excluding hydrogens is 393 g/mol. The summed E-state index contributed by atoms with van der Waals surface area (Å²) in [5.74, 6) is -1.01. The maximum atomic E-state index is 14.1. The summed E-state index contributed by atoms with van der Waals surface area (Å²) in [4.78, 5) is 24.8. The van der Waals surface area contributed by atoms with Gasteiger partial charge < -0.3 is 10.6 Å². The van der Waals surface area contributed by atoms with Crippen molar-refractivity contribution in [3.05, 3.63) is 84.2 Å². The van der Waals surface area contributed by atoms with Gasteiger partial charge in [-0.1, -0.05) is 24.8 Å². The minimum atomic E-state index is -0.713. The fourth-order valence-electron chi connectivity index (χ4n) is 2.71. The number of hydrogen-bond acceptors (Lipinski definition) is 5. The second kappa shape index (κ2) is 8.62. The van der Waals surface area contributed by atoms with E-state index in [9.17, 15) is 9.18 Å². The Hall–Kier alpha value is -3.58. The lowest BCUT2D eigenvalue weighted by molar-refractivity contribution is 0.0963. The summed E-state index contributed by atoms with van der Waals surface area (Å²) < 4.78 is 14.1. The van der Waals surface area contributed by atoms with Gasteiger partial charge in [0.05, 0.1) is 22.6 Å². The molecule has 0 spiro atoms. The number of rotatable bonds is 6. The van der Waals surface area contributed by atoms with Crippen molar-refractivity contribution in [3.8, 4) is 0 Å². The standard InChI is InChI=1S/C21H17ClFN5O/c1-12(22)9-15(13(2)23)19-10-18(14-5-4-7-26-20(14)28-19)27-17-6-8-25-11-16(17)21(29)24-3/h4-11H,1-2H2,3H3,(H,24,29)(H,25,26,27,28)/b15-9+. The average molecular weight is 410 g/mol. The number of nitrogens with zero attached hydrogens (tertiary/aromatic N) is 3. The molecule has 3 heterocycles. The predicted octanol–water partition coefficient (Wildman–Crippen LogP) is 4.75. The Bertz CT molecular complexity index is 1160. The molecule has 6 nitrogen and oxygen atoms in total. The molecule has 29 heavy (non-hydrogen) atoms. The Kier molecular flexibility index (Phi) is 5.99. The molecule has 0 unspecified atom stereocenters. The monoisotopic (exact) mass is 409 g/mol. The lowest BCUT2D eigenvalue weighted by Crippen LogP contribution is -2.19. The first-order chi connectivity index (χ1) is 13.9. The molecule has 0 aliphatic rings. The third-order valence-corrected chi connectivity index (χ3v) is 4.12. The van der Waals surface area contributed by atoms with Crippen LogP contribution in [0.5, 0.6) is 0 Å². The first-order valence-corrected chi connectivity index (χ1v) is 8.88. The summed E-state index contributed by atoms with van der Waals surface area (Å²) in [5, 5.41) is 6.59. The van der Waals surface area contributed by atoms with Crippen molar-refractivity contribution in [2.45, 2.75) is 0 Å². The van der Waals surface area contributed by atoms with Crippen LogP contribution in [0.1, 0.15) is 16.1 Å². The van der Waals surface area contributed by atoms with Gasteiger partial charge in [-0.25, -0.2) is 14.4 Å². The van der Waals surface area contributed by atoms with Crippen LogP contribution in [0.3, 0.4) is 0 Å². The zero-order chi connectivity index (χ0) is 21.0. The molecule has 2 N–H and O–H groups in total. The Morgan fingerprint density at radius 3 is 2.72 bits per heavy atom. The highest BCUT2D eigenvalue weighted by molar-refractivity contribution is 6.31. The lowest BCUT2D eigenvalue weighted by Gasteiger charge is -2.14. The van der Waals surface area contributed by atoms with Crippen LogP contribution in [-0.2, 0) is 0 Å². The van der Waals surface area contributed by atoms with Crippen molar-refractivity contribution in [1.29, 1.82) is 0 Å². The summed E-state index contributed by atoms with van der Waals surface area (Å²) in [7, 11) is 1.53. The number of hydrogen-bond donors (Lipinski definition) is 2. The zero-order valence-electron chi connectivity index (χ0n) is 15.5. The smallest absolute Gasteiger partial charge is 0.254 e. The molecular formula is C21H17ClFN5O. The molecule has 0 aliphatic carbocycles. The predicted molar refractivity (Wildman–Crippen MR) is 114 cm³/mol. The molecule has 3 aromatic heterocycles. The number of carbonyl (C=O) groups excluding carboxylic acids is 1. The third-order valence-electron chi connectivity index (χ3n) is 4.02. The highest BCUT2D eigenvalue weighted by Crippen LogP contribution is 2.32. The molecule has 0 aliphatic heterocycles. The second-order valence-electron chi connectivity index (χ2n) is 5.96. The zero-order valence-corrected chi connectivity index (χ0v) is 16.3. The lowest BCUT2D eigenvalue weighted by atomic mass is 10.1. The van der Waals surface area contributed by atoms with Crippen molar-refractivity contribution in [3.63, 3.8) is 0 Å². The van der Waals surface area contributed by atoms with Gasteiger partial charge in [0.15, 0.2) is 5.65 Å². The van der Waals surface area contributed by atoms with Crippen LogP contribution >= 0.6 is 11.6 Å². The van der Waals surface area contributed by atoms with Crippen LogP contribution in [0.15, 0.2) is 72.9 Å². The molecule has 0 bridgehead atoms. The second-order valence-corrected chi connectivity index (χ2v) is 6.45. The number of anilines is 2. The van der Waals surface area contributed by atoms with Gasteiger partial charge in [-0.3, -0.25) is 9.78 Å². The molecule has 0 fully saturated rings. The number of pyridine rings is 3. The van der Waals surface area contributed by atoms with Gasteiger partial charge in [-0.2, -0.15) is 0 Å². The molecule has 0 radical (unpaired) electrons. The molecule has 146 valence electrons. The summed E-state index contributed by atoms with van der Waals surface area (Å²) >= 11 is 5.84. The Morgan fingerprint density at radius 2 is 2.03 bits per heavy atom. The van der Waals surface area contributed by atoms with Crippen LogP contribution < -0.4 is 10.6 Å². The van der Waals surface area contributed by atoms with Crippen LogP contribution in [0.2, 0.25) is 0 Å². The van der Waals surface area contributed by atoms with E-state index < -0.39 is 5.83 Å². The van der Waals surface area contributed by atoms with Crippen LogP contribution in [-0.4, -0.2) is 27.9 Å². The fraction of sp³-hybridized carbons (Fsp3) is 0.0476. The van der Waals surface area contributed by atoms with Gasteiger partial charge in [0.2, 0.25) is 0 Å². The third kappa shape index (κ3) is 4.47. The average Bonchev–Trinajstić information content (AvgIpc) is 2.71. The number of nitrogens with one attached hydrogen (secondary N) is 2. The molecule has 1 amide bonds. The van der Waals surface area contributed by atoms with E-state index in [1.54, 1.807) is 30.6 Å². The van der Waals surface area contributed by atoms with Gasteiger partial charge in [-0.05, 0) is 30.3 Å². The molecule has 8 heteroatoms. The number of amides is 1. The Labute approximate surface area is 171 Å². The van der Waals surface area contributed by atoms with E-state index in [-0.39, 0.29) is 22.2 Å².